The summed E-state index contributed by atoms with van der Waals surface area (Å²) < 4.78 is 17.9. The molecule has 1 aromatic heterocycles. The number of nitrogens with zero attached hydrogens (tertiary/aromatic N) is 3. The number of carbonyl (C=O) groups excluding carboxylic acids is 1. The number of aromatic amines is 1. The van der Waals surface area contributed by atoms with E-state index in [0.717, 1.165) is 6.42 Å². The van der Waals surface area contributed by atoms with E-state index in [1.54, 1.807) is 30.3 Å². The van der Waals surface area contributed by atoms with Gasteiger partial charge < -0.3 is 19.5 Å². The lowest BCUT2D eigenvalue weighted by Crippen LogP contribution is -2.24. The van der Waals surface area contributed by atoms with Crippen LogP contribution in [0.4, 0.5) is 5.69 Å². The number of hydrogen-bond donors (Lipinski definition) is 2. The largest absolute Gasteiger partial charge is 0.489 e. The van der Waals surface area contributed by atoms with Crippen molar-refractivity contribution in [2.75, 3.05) is 11.9 Å². The molecule has 190 valence electrons. The van der Waals surface area contributed by atoms with Crippen LogP contribution in [0.1, 0.15) is 59.6 Å². The first kappa shape index (κ1) is 24.3. The van der Waals surface area contributed by atoms with Crippen molar-refractivity contribution in [1.82, 2.24) is 20.6 Å². The monoisotopic (exact) mass is 499 g/mol. The molecule has 0 fully saturated rings. The van der Waals surface area contributed by atoms with Gasteiger partial charge in [0, 0.05) is 5.56 Å². The number of fused-ring (bicyclic) bond motifs is 1. The molecular weight excluding hydrogens is 470 g/mol. The van der Waals surface area contributed by atoms with Gasteiger partial charge in [-0.2, -0.15) is 0 Å². The number of amides is 1. The van der Waals surface area contributed by atoms with Crippen molar-refractivity contribution in [3.8, 4) is 17.2 Å². The van der Waals surface area contributed by atoms with Gasteiger partial charge in [0.25, 0.3) is 5.91 Å². The van der Waals surface area contributed by atoms with Crippen LogP contribution >= 0.6 is 0 Å². The Balaban J connectivity index is 1.21. The van der Waals surface area contributed by atoms with E-state index < -0.39 is 6.10 Å². The van der Waals surface area contributed by atoms with Crippen LogP contribution in [-0.4, -0.2) is 33.1 Å². The molecule has 3 aromatic carbocycles. The zero-order valence-electron chi connectivity index (χ0n) is 20.6. The Bertz CT molecular complexity index is 1320. The van der Waals surface area contributed by atoms with Gasteiger partial charge in [0.2, 0.25) is 0 Å². The standard InChI is InChI=1S/C28H29N5O4/c1-2-3-4-8-19-9-5-6-10-21(19)17-35-22-15-13-20(14-16-22)28(34)29-23-11-7-12-24-26(23)37-25(18-36-24)27-30-32-33-31-27/h5-7,9-16,25H,2-4,8,17-18H2,1H3,(H,29,34)(H,30,31,32,33). The summed E-state index contributed by atoms with van der Waals surface area (Å²) in [6.07, 6.45) is 4.15. The lowest BCUT2D eigenvalue weighted by Gasteiger charge is -2.26. The number of hydrogen-bond acceptors (Lipinski definition) is 7. The summed E-state index contributed by atoms with van der Waals surface area (Å²) in [4.78, 5) is 13.0. The Morgan fingerprint density at radius 2 is 1.89 bits per heavy atom. The van der Waals surface area contributed by atoms with Gasteiger partial charge in [0.15, 0.2) is 23.4 Å². The average Bonchev–Trinajstić information content (AvgIpc) is 3.48. The fourth-order valence-electron chi connectivity index (χ4n) is 4.19. The smallest absolute Gasteiger partial charge is 0.255 e. The molecule has 9 nitrogen and oxygen atoms in total. The molecule has 5 rings (SSSR count). The molecule has 2 N–H and O–H groups in total. The maximum Gasteiger partial charge on any atom is 0.255 e. The molecule has 0 saturated carbocycles. The van der Waals surface area contributed by atoms with Gasteiger partial charge in [-0.25, -0.2) is 5.10 Å². The zero-order valence-corrected chi connectivity index (χ0v) is 20.6. The third-order valence-electron chi connectivity index (χ3n) is 6.22. The first-order valence-electron chi connectivity index (χ1n) is 12.5. The zero-order chi connectivity index (χ0) is 25.5. The topological polar surface area (TPSA) is 111 Å². The first-order valence-corrected chi connectivity index (χ1v) is 12.5. The van der Waals surface area contributed by atoms with E-state index in [1.165, 1.54) is 30.4 Å². The summed E-state index contributed by atoms with van der Waals surface area (Å²) in [7, 11) is 0. The van der Waals surface area contributed by atoms with Crippen LogP contribution in [0.15, 0.2) is 66.7 Å². The molecule has 9 heteroatoms. The predicted octanol–water partition coefficient (Wildman–Crippen LogP) is 5.28. The number of nitrogens with one attached hydrogen (secondary N) is 2. The molecule has 4 aromatic rings. The summed E-state index contributed by atoms with van der Waals surface area (Å²) in [6, 6.07) is 20.8. The number of rotatable bonds is 10. The molecule has 1 amide bonds. The highest BCUT2D eigenvalue weighted by Crippen LogP contribution is 2.41. The number of ether oxygens (including phenoxy) is 3. The second kappa shape index (κ2) is 11.6. The minimum Gasteiger partial charge on any atom is -0.489 e. The number of tetrazole rings is 1. The summed E-state index contributed by atoms with van der Waals surface area (Å²) >= 11 is 0. The van der Waals surface area contributed by atoms with E-state index in [9.17, 15) is 4.79 Å². The average molecular weight is 500 g/mol. The molecule has 1 atom stereocenters. The minimum atomic E-state index is -0.506. The normalized spacial score (nSPS) is 14.2. The molecular formula is C28H29N5O4. The predicted molar refractivity (Wildman–Crippen MR) is 138 cm³/mol. The van der Waals surface area contributed by atoms with Crippen molar-refractivity contribution in [3.05, 3.63) is 89.2 Å². The quantitative estimate of drug-likeness (QED) is 0.286. The molecule has 37 heavy (non-hydrogen) atoms. The molecule has 2 heterocycles. The van der Waals surface area contributed by atoms with E-state index >= 15 is 0 Å². The van der Waals surface area contributed by atoms with Crippen molar-refractivity contribution in [1.29, 1.82) is 0 Å². The van der Waals surface area contributed by atoms with Crippen LogP contribution in [0, 0.1) is 0 Å². The van der Waals surface area contributed by atoms with Crippen LogP contribution in [-0.2, 0) is 13.0 Å². The molecule has 0 saturated heterocycles. The van der Waals surface area contributed by atoms with Crippen molar-refractivity contribution in [2.45, 2.75) is 45.3 Å². The minimum absolute atomic E-state index is 0.256. The Morgan fingerprint density at radius 3 is 2.68 bits per heavy atom. The molecule has 0 radical (unpaired) electrons. The molecule has 0 bridgehead atoms. The van der Waals surface area contributed by atoms with Gasteiger partial charge in [0.1, 0.15) is 19.0 Å². The van der Waals surface area contributed by atoms with Gasteiger partial charge in [-0.1, -0.05) is 50.1 Å². The highest BCUT2D eigenvalue weighted by atomic mass is 16.6. The second-order valence-corrected chi connectivity index (χ2v) is 8.83. The molecule has 1 aliphatic heterocycles. The van der Waals surface area contributed by atoms with Crippen LogP contribution < -0.4 is 19.5 Å². The van der Waals surface area contributed by atoms with Crippen molar-refractivity contribution >= 4 is 11.6 Å². The van der Waals surface area contributed by atoms with Crippen molar-refractivity contribution in [2.24, 2.45) is 0 Å². The maximum atomic E-state index is 13.0. The Morgan fingerprint density at radius 1 is 1.05 bits per heavy atom. The number of aryl methyl sites for hydroxylation is 1. The van der Waals surface area contributed by atoms with Crippen LogP contribution in [0.25, 0.3) is 0 Å². The van der Waals surface area contributed by atoms with E-state index in [0.29, 0.717) is 40.9 Å². The summed E-state index contributed by atoms with van der Waals surface area (Å²) in [6.45, 7) is 2.96. The number of benzene rings is 3. The van der Waals surface area contributed by atoms with Crippen molar-refractivity contribution < 1.29 is 19.0 Å². The van der Waals surface area contributed by atoms with Gasteiger partial charge >= 0.3 is 0 Å². The lowest BCUT2D eigenvalue weighted by molar-refractivity contribution is 0.0856. The molecule has 0 aliphatic carbocycles. The highest BCUT2D eigenvalue weighted by molar-refractivity contribution is 6.05. The molecule has 1 unspecified atom stereocenters. The number of carbonyl (C=O) groups is 1. The Hall–Kier alpha value is -4.40. The lowest BCUT2D eigenvalue weighted by atomic mass is 10.0. The fraction of sp³-hybridized carbons (Fsp3) is 0.286. The Labute approximate surface area is 215 Å². The van der Waals surface area contributed by atoms with E-state index in [-0.39, 0.29) is 12.5 Å². The van der Waals surface area contributed by atoms with Gasteiger partial charge in [0.05, 0.1) is 5.69 Å². The van der Waals surface area contributed by atoms with Gasteiger partial charge in [-0.3, -0.25) is 4.79 Å². The van der Waals surface area contributed by atoms with Gasteiger partial charge in [-0.05, 0) is 70.8 Å². The summed E-state index contributed by atoms with van der Waals surface area (Å²) in [5.41, 5.74) is 3.51. The second-order valence-electron chi connectivity index (χ2n) is 8.83. The van der Waals surface area contributed by atoms with Crippen LogP contribution in [0.2, 0.25) is 0 Å². The third kappa shape index (κ3) is 5.88. The maximum absolute atomic E-state index is 13.0. The van der Waals surface area contributed by atoms with E-state index in [2.05, 4.69) is 51.1 Å². The van der Waals surface area contributed by atoms with Crippen LogP contribution in [0.3, 0.4) is 0 Å². The number of anilines is 1. The summed E-state index contributed by atoms with van der Waals surface area (Å²) in [5.74, 6) is 1.86. The first-order chi connectivity index (χ1) is 18.2. The van der Waals surface area contributed by atoms with E-state index in [4.69, 9.17) is 14.2 Å². The van der Waals surface area contributed by atoms with Crippen LogP contribution in [0.5, 0.6) is 17.2 Å². The number of para-hydroxylation sites is 1. The fourth-order valence-corrected chi connectivity index (χ4v) is 4.19. The third-order valence-corrected chi connectivity index (χ3v) is 6.22. The Kier molecular flexibility index (Phi) is 7.59. The highest BCUT2D eigenvalue weighted by Gasteiger charge is 2.28. The molecule has 1 aliphatic rings. The SMILES string of the molecule is CCCCCc1ccccc1COc1ccc(C(=O)Nc2cccc3c2OC(c2nnn[nH]2)CO3)cc1. The number of aromatic nitrogens is 4. The van der Waals surface area contributed by atoms with Gasteiger partial charge in [-0.15, -0.1) is 5.10 Å². The van der Waals surface area contributed by atoms with E-state index in [1.807, 2.05) is 18.2 Å². The number of unbranched alkanes of at least 4 members (excludes halogenated alkanes) is 2. The van der Waals surface area contributed by atoms with Crippen molar-refractivity contribution in [3.63, 3.8) is 0 Å². The summed E-state index contributed by atoms with van der Waals surface area (Å²) in [5, 5.41) is 16.7. The number of H-pyrrole nitrogens is 1. The molecule has 0 spiro atoms.